The number of hydrogen-bond donors (Lipinski definition) is 3. The quantitative estimate of drug-likeness (QED) is 0.450. The fourth-order valence-electron chi connectivity index (χ4n) is 3.50. The Bertz CT molecular complexity index is 414. The highest BCUT2D eigenvalue weighted by Gasteiger charge is 2.21. The van der Waals surface area contributed by atoms with E-state index >= 15 is 0 Å². The first-order valence-corrected chi connectivity index (χ1v) is 10.4. The number of rotatable bonds is 12. The van der Waals surface area contributed by atoms with Gasteiger partial charge < -0.3 is 20.1 Å². The van der Waals surface area contributed by atoms with Crippen molar-refractivity contribution in [1.82, 2.24) is 0 Å². The van der Waals surface area contributed by atoms with E-state index in [9.17, 15) is 15.3 Å². The lowest BCUT2D eigenvalue weighted by Gasteiger charge is -2.25. The molecule has 0 amide bonds. The van der Waals surface area contributed by atoms with Crippen LogP contribution in [-0.2, 0) is 4.74 Å². The predicted octanol–water partition coefficient (Wildman–Crippen LogP) is 4.28. The molecule has 152 valence electrons. The Morgan fingerprint density at radius 3 is 2.42 bits per heavy atom. The maximum Gasteiger partial charge on any atom is 0.0643 e. The van der Waals surface area contributed by atoms with E-state index in [1.54, 1.807) is 0 Å². The van der Waals surface area contributed by atoms with Gasteiger partial charge in [-0.05, 0) is 71.1 Å². The van der Waals surface area contributed by atoms with E-state index in [0.29, 0.717) is 19.3 Å². The normalized spacial score (nSPS) is 22.8. The second kappa shape index (κ2) is 12.7. The van der Waals surface area contributed by atoms with Crippen LogP contribution in [-0.4, -0.2) is 45.8 Å². The Morgan fingerprint density at radius 1 is 1.15 bits per heavy atom. The van der Waals surface area contributed by atoms with Gasteiger partial charge >= 0.3 is 0 Å². The molecule has 1 fully saturated rings. The highest BCUT2D eigenvalue weighted by Crippen LogP contribution is 2.24. The van der Waals surface area contributed by atoms with Crippen LogP contribution in [0, 0.1) is 0 Å². The van der Waals surface area contributed by atoms with E-state index in [4.69, 9.17) is 4.74 Å². The van der Waals surface area contributed by atoms with Gasteiger partial charge in [-0.3, -0.25) is 0 Å². The standard InChI is InChI=1S/C22H40O4/c1-4-22(25,5-2)13-10-14-26-18(3)11-8-6-7-9-12-19-15-20(23)17-21(24)16-19/h7,9,12,18,20-21,23-25H,4-6,8,10-11,13-17H2,1-3H3/t18-,20-,21-/m1/s1. The highest BCUT2D eigenvalue weighted by molar-refractivity contribution is 5.16. The molecular formula is C22H40O4. The Morgan fingerprint density at radius 2 is 1.81 bits per heavy atom. The molecule has 0 heterocycles. The van der Waals surface area contributed by atoms with Crippen molar-refractivity contribution in [2.45, 2.75) is 109 Å². The van der Waals surface area contributed by atoms with Gasteiger partial charge in [-0.1, -0.05) is 37.6 Å². The molecule has 0 radical (unpaired) electrons. The van der Waals surface area contributed by atoms with Crippen LogP contribution in [0.4, 0.5) is 0 Å². The minimum atomic E-state index is -0.518. The van der Waals surface area contributed by atoms with Crippen molar-refractivity contribution >= 4 is 0 Å². The molecule has 1 saturated carbocycles. The largest absolute Gasteiger partial charge is 0.393 e. The zero-order chi connectivity index (χ0) is 19.4. The molecule has 3 N–H and O–H groups in total. The smallest absolute Gasteiger partial charge is 0.0643 e. The molecule has 0 aliphatic heterocycles. The third kappa shape index (κ3) is 9.86. The minimum absolute atomic E-state index is 0.252. The van der Waals surface area contributed by atoms with Crippen molar-refractivity contribution in [3.8, 4) is 0 Å². The topological polar surface area (TPSA) is 69.9 Å². The molecule has 0 unspecified atom stereocenters. The maximum absolute atomic E-state index is 10.2. The maximum atomic E-state index is 10.2. The van der Waals surface area contributed by atoms with Crippen molar-refractivity contribution in [2.24, 2.45) is 0 Å². The molecule has 1 aliphatic rings. The molecule has 4 nitrogen and oxygen atoms in total. The summed E-state index contributed by atoms with van der Waals surface area (Å²) < 4.78 is 5.85. The van der Waals surface area contributed by atoms with Crippen LogP contribution in [0.15, 0.2) is 23.8 Å². The summed E-state index contributed by atoms with van der Waals surface area (Å²) >= 11 is 0. The average Bonchev–Trinajstić information content (AvgIpc) is 2.60. The summed E-state index contributed by atoms with van der Waals surface area (Å²) in [6.45, 7) is 6.91. The van der Waals surface area contributed by atoms with Crippen LogP contribution in [0.25, 0.3) is 0 Å². The molecule has 0 saturated heterocycles. The third-order valence-electron chi connectivity index (χ3n) is 5.49. The molecule has 0 aromatic carbocycles. The first-order chi connectivity index (χ1) is 12.4. The van der Waals surface area contributed by atoms with E-state index in [0.717, 1.165) is 57.1 Å². The molecule has 1 rings (SSSR count). The van der Waals surface area contributed by atoms with Gasteiger partial charge in [-0.2, -0.15) is 0 Å². The number of aliphatic hydroxyl groups excluding tert-OH is 2. The van der Waals surface area contributed by atoms with E-state index in [1.165, 1.54) is 0 Å². The third-order valence-corrected chi connectivity index (χ3v) is 5.49. The molecule has 4 heteroatoms. The molecule has 1 aliphatic carbocycles. The first kappa shape index (κ1) is 23.4. The van der Waals surface area contributed by atoms with Crippen molar-refractivity contribution in [2.75, 3.05) is 6.61 Å². The summed E-state index contributed by atoms with van der Waals surface area (Å²) in [5.41, 5.74) is 0.611. The van der Waals surface area contributed by atoms with Crippen molar-refractivity contribution in [3.05, 3.63) is 23.8 Å². The molecule has 0 spiro atoms. The fourth-order valence-corrected chi connectivity index (χ4v) is 3.50. The van der Waals surface area contributed by atoms with Crippen LogP contribution in [0.1, 0.15) is 85.0 Å². The summed E-state index contributed by atoms with van der Waals surface area (Å²) in [6, 6.07) is 0. The van der Waals surface area contributed by atoms with Gasteiger partial charge in [0.05, 0.1) is 23.9 Å². The number of ether oxygens (including phenoxy) is 1. The number of unbranched alkanes of at least 4 members (excludes halogenated alkanes) is 1. The number of hydrogen-bond acceptors (Lipinski definition) is 4. The van der Waals surface area contributed by atoms with Crippen LogP contribution in [0.3, 0.4) is 0 Å². The van der Waals surface area contributed by atoms with Gasteiger partial charge in [0.2, 0.25) is 0 Å². The zero-order valence-corrected chi connectivity index (χ0v) is 17.0. The van der Waals surface area contributed by atoms with Crippen LogP contribution in [0.2, 0.25) is 0 Å². The summed E-state index contributed by atoms with van der Waals surface area (Å²) in [6.07, 6.45) is 14.0. The molecule has 26 heavy (non-hydrogen) atoms. The lowest BCUT2D eigenvalue weighted by molar-refractivity contribution is 0.00226. The van der Waals surface area contributed by atoms with Crippen LogP contribution < -0.4 is 0 Å². The second-order valence-electron chi connectivity index (χ2n) is 7.85. The van der Waals surface area contributed by atoms with Crippen molar-refractivity contribution in [1.29, 1.82) is 0 Å². The highest BCUT2D eigenvalue weighted by atomic mass is 16.5. The fraction of sp³-hybridized carbons (Fsp3) is 0.818. The number of allylic oxidation sites excluding steroid dienone is 3. The molecule has 0 bridgehead atoms. The summed E-state index contributed by atoms with van der Waals surface area (Å²) in [5, 5.41) is 29.6. The Balaban J connectivity index is 2.10. The van der Waals surface area contributed by atoms with Gasteiger partial charge in [0, 0.05) is 6.61 Å². The lowest BCUT2D eigenvalue weighted by Crippen LogP contribution is -2.27. The van der Waals surface area contributed by atoms with Crippen molar-refractivity contribution in [3.63, 3.8) is 0 Å². The molecule has 3 atom stereocenters. The van der Waals surface area contributed by atoms with Gasteiger partial charge in [-0.15, -0.1) is 0 Å². The first-order valence-electron chi connectivity index (χ1n) is 10.4. The summed E-state index contributed by atoms with van der Waals surface area (Å²) in [4.78, 5) is 0. The van der Waals surface area contributed by atoms with Crippen LogP contribution in [0.5, 0.6) is 0 Å². The van der Waals surface area contributed by atoms with Crippen molar-refractivity contribution < 1.29 is 20.1 Å². The SMILES string of the molecule is CCC(O)(CC)CCCO[C@H](C)CCCC=CC=C1C[C@@H](O)C[C@H](O)C1. The van der Waals surface area contributed by atoms with Gasteiger partial charge in [0.25, 0.3) is 0 Å². The zero-order valence-electron chi connectivity index (χ0n) is 17.0. The number of aliphatic hydroxyl groups is 3. The van der Waals surface area contributed by atoms with E-state index in [1.807, 2.05) is 26.0 Å². The Kier molecular flexibility index (Phi) is 11.4. The van der Waals surface area contributed by atoms with E-state index in [2.05, 4.69) is 13.0 Å². The predicted molar refractivity (Wildman–Crippen MR) is 107 cm³/mol. The van der Waals surface area contributed by atoms with Gasteiger partial charge in [0.15, 0.2) is 0 Å². The summed E-state index contributed by atoms with van der Waals surface area (Å²) in [5.74, 6) is 0. The van der Waals surface area contributed by atoms with E-state index in [-0.39, 0.29) is 6.10 Å². The molecule has 0 aromatic heterocycles. The van der Waals surface area contributed by atoms with Gasteiger partial charge in [-0.25, -0.2) is 0 Å². The van der Waals surface area contributed by atoms with Crippen LogP contribution >= 0.6 is 0 Å². The summed E-state index contributed by atoms with van der Waals surface area (Å²) in [7, 11) is 0. The Hall–Kier alpha value is -0.680. The van der Waals surface area contributed by atoms with Gasteiger partial charge in [0.1, 0.15) is 0 Å². The Labute approximate surface area is 160 Å². The molecular weight excluding hydrogens is 328 g/mol. The lowest BCUT2D eigenvalue weighted by atomic mass is 9.90. The van der Waals surface area contributed by atoms with E-state index < -0.39 is 17.8 Å². The minimum Gasteiger partial charge on any atom is -0.393 e. The average molecular weight is 369 g/mol. The monoisotopic (exact) mass is 368 g/mol. The molecule has 0 aromatic rings. The second-order valence-corrected chi connectivity index (χ2v) is 7.85.